The highest BCUT2D eigenvalue weighted by atomic mass is 28.4. The normalized spacial score (nSPS) is 27.3. The number of nitrogens with zero attached hydrogens (tertiary/aromatic N) is 1. The number of para-hydroxylation sites is 1. The summed E-state index contributed by atoms with van der Waals surface area (Å²) in [4.78, 5) is 37.7. The average Bonchev–Trinajstić information content (AvgIpc) is 3.18. The first-order valence-electron chi connectivity index (χ1n) is 10.5. The number of anilines is 3. The van der Waals surface area contributed by atoms with Crippen molar-refractivity contribution in [1.82, 2.24) is 0 Å². The van der Waals surface area contributed by atoms with Crippen molar-refractivity contribution < 1.29 is 24.2 Å². The molecule has 0 aliphatic carbocycles. The molecule has 0 unspecified atom stereocenters. The van der Waals surface area contributed by atoms with Crippen molar-refractivity contribution in [2.45, 2.75) is 43.7 Å². The van der Waals surface area contributed by atoms with E-state index in [1.165, 1.54) is 4.90 Å². The van der Waals surface area contributed by atoms with Crippen molar-refractivity contribution >= 4 is 37.7 Å². The number of fused-ring (bicyclic) bond motifs is 2. The molecule has 0 saturated carbocycles. The van der Waals surface area contributed by atoms with Gasteiger partial charge in [-0.1, -0.05) is 25.1 Å². The fourth-order valence-corrected chi connectivity index (χ4v) is 7.89. The van der Waals surface area contributed by atoms with Crippen LogP contribution in [0.25, 0.3) is 0 Å². The molecule has 1 spiro atoms. The number of carbonyl (C=O) groups is 2. The SMILES string of the molecule is C[C@@H]1[C@@H]([Si](C)(C)O)[C@H](CCO)O[C@@]12C(=O)Nc1ccc(N(C=O)c3ccccc3)cc12. The van der Waals surface area contributed by atoms with E-state index in [0.717, 1.165) is 6.41 Å². The van der Waals surface area contributed by atoms with Crippen LogP contribution >= 0.6 is 0 Å². The largest absolute Gasteiger partial charge is 0.432 e. The molecule has 2 aliphatic heterocycles. The van der Waals surface area contributed by atoms with Crippen molar-refractivity contribution in [1.29, 1.82) is 0 Å². The number of carbonyl (C=O) groups excluding carboxylic acids is 2. The van der Waals surface area contributed by atoms with Crippen molar-refractivity contribution in [3.8, 4) is 0 Å². The maximum Gasteiger partial charge on any atom is 0.261 e. The summed E-state index contributed by atoms with van der Waals surface area (Å²) < 4.78 is 6.41. The maximum absolute atomic E-state index is 13.3. The number of amides is 2. The second-order valence-electron chi connectivity index (χ2n) is 8.87. The summed E-state index contributed by atoms with van der Waals surface area (Å²) in [7, 11) is -2.71. The van der Waals surface area contributed by atoms with Gasteiger partial charge in [0.25, 0.3) is 5.91 Å². The van der Waals surface area contributed by atoms with Gasteiger partial charge >= 0.3 is 0 Å². The lowest BCUT2D eigenvalue weighted by molar-refractivity contribution is -0.143. The maximum atomic E-state index is 13.3. The van der Waals surface area contributed by atoms with Gasteiger partial charge in [-0.2, -0.15) is 0 Å². The number of aliphatic hydroxyl groups is 1. The molecule has 2 aromatic rings. The van der Waals surface area contributed by atoms with E-state index in [2.05, 4.69) is 5.32 Å². The molecule has 4 rings (SSSR count). The molecule has 2 heterocycles. The molecule has 3 N–H and O–H groups in total. The first kappa shape index (κ1) is 21.7. The van der Waals surface area contributed by atoms with Crippen LogP contribution in [0.2, 0.25) is 18.6 Å². The molecule has 2 aliphatic rings. The first-order chi connectivity index (χ1) is 14.7. The van der Waals surface area contributed by atoms with E-state index in [1.807, 2.05) is 56.4 Å². The van der Waals surface area contributed by atoms with Crippen molar-refractivity contribution in [2.24, 2.45) is 5.92 Å². The predicted molar refractivity (Wildman–Crippen MR) is 121 cm³/mol. The Morgan fingerprint density at radius 1 is 1.19 bits per heavy atom. The summed E-state index contributed by atoms with van der Waals surface area (Å²) >= 11 is 0. The molecule has 31 heavy (non-hydrogen) atoms. The van der Waals surface area contributed by atoms with Gasteiger partial charge in [0.2, 0.25) is 6.41 Å². The van der Waals surface area contributed by atoms with Gasteiger partial charge in [0.15, 0.2) is 13.9 Å². The molecule has 0 aromatic heterocycles. The third-order valence-corrected chi connectivity index (χ3v) is 9.06. The second-order valence-corrected chi connectivity index (χ2v) is 12.8. The summed E-state index contributed by atoms with van der Waals surface area (Å²) in [6, 6.07) is 14.6. The molecule has 4 atom stereocenters. The van der Waals surface area contributed by atoms with Gasteiger partial charge in [-0.05, 0) is 49.8 Å². The molecule has 1 fully saturated rings. The Morgan fingerprint density at radius 2 is 1.90 bits per heavy atom. The van der Waals surface area contributed by atoms with Crippen molar-refractivity contribution in [3.05, 3.63) is 54.1 Å². The third kappa shape index (κ3) is 3.40. The first-order valence-corrected chi connectivity index (χ1v) is 13.5. The summed E-state index contributed by atoms with van der Waals surface area (Å²) in [5.41, 5.74) is 1.14. The van der Waals surface area contributed by atoms with Crippen LogP contribution in [0.1, 0.15) is 18.9 Å². The van der Waals surface area contributed by atoms with Gasteiger partial charge in [0.1, 0.15) is 0 Å². The standard InChI is InChI=1S/C23H28N2O5Si/c1-15-21(31(2,3)29)20(11-12-26)30-23(15)18-13-17(9-10-19(18)24-22(23)28)25(14-27)16-7-5-4-6-8-16/h4-10,13-15,20-21,26,29H,11-12H2,1-3H3,(H,24,28)/t15-,20+,21-,23+/m1/s1. The van der Waals surface area contributed by atoms with E-state index >= 15 is 0 Å². The minimum atomic E-state index is -2.71. The molecule has 1 saturated heterocycles. The lowest BCUT2D eigenvalue weighted by Gasteiger charge is -2.32. The van der Waals surface area contributed by atoms with Gasteiger partial charge in [-0.25, -0.2) is 0 Å². The Kier molecular flexibility index (Phi) is 5.51. The number of ether oxygens (including phenoxy) is 1. The zero-order chi connectivity index (χ0) is 22.4. The van der Waals surface area contributed by atoms with Crippen LogP contribution in [0.5, 0.6) is 0 Å². The molecule has 0 radical (unpaired) electrons. The zero-order valence-electron chi connectivity index (χ0n) is 17.9. The van der Waals surface area contributed by atoms with E-state index in [0.29, 0.717) is 29.0 Å². The van der Waals surface area contributed by atoms with E-state index in [1.54, 1.807) is 12.1 Å². The Labute approximate surface area is 182 Å². The average molecular weight is 441 g/mol. The number of rotatable bonds is 6. The molecule has 2 aromatic carbocycles. The Morgan fingerprint density at radius 3 is 2.52 bits per heavy atom. The van der Waals surface area contributed by atoms with Gasteiger partial charge in [0.05, 0.1) is 6.10 Å². The van der Waals surface area contributed by atoms with E-state index in [4.69, 9.17) is 4.74 Å². The third-order valence-electron chi connectivity index (χ3n) is 6.55. The van der Waals surface area contributed by atoms with Crippen molar-refractivity contribution in [2.75, 3.05) is 16.8 Å². The highest BCUT2D eigenvalue weighted by Gasteiger charge is 2.64. The van der Waals surface area contributed by atoms with Crippen LogP contribution in [0.15, 0.2) is 48.5 Å². The number of nitrogens with one attached hydrogen (secondary N) is 1. The second kappa shape index (κ2) is 7.87. The van der Waals surface area contributed by atoms with Crippen LogP contribution in [0.4, 0.5) is 17.1 Å². The van der Waals surface area contributed by atoms with Crippen LogP contribution in [0, 0.1) is 5.92 Å². The summed E-state index contributed by atoms with van der Waals surface area (Å²) in [6.07, 6.45) is 0.664. The lowest BCUT2D eigenvalue weighted by Crippen LogP contribution is -2.43. The van der Waals surface area contributed by atoms with E-state index in [-0.39, 0.29) is 24.0 Å². The fourth-order valence-electron chi connectivity index (χ4n) is 5.29. The van der Waals surface area contributed by atoms with Crippen LogP contribution in [-0.4, -0.2) is 43.2 Å². The smallest absolute Gasteiger partial charge is 0.261 e. The molecule has 164 valence electrons. The number of aliphatic hydroxyl groups excluding tert-OH is 1. The molecule has 2 amide bonds. The minimum absolute atomic E-state index is 0.0874. The fraction of sp³-hybridized carbons (Fsp3) is 0.391. The highest BCUT2D eigenvalue weighted by molar-refractivity contribution is 6.71. The quantitative estimate of drug-likeness (QED) is 0.474. The van der Waals surface area contributed by atoms with E-state index in [9.17, 15) is 19.5 Å². The van der Waals surface area contributed by atoms with Crippen LogP contribution in [-0.2, 0) is 19.9 Å². The van der Waals surface area contributed by atoms with E-state index < -0.39 is 20.0 Å². The Bertz CT molecular complexity index is 993. The summed E-state index contributed by atoms with van der Waals surface area (Å²) in [5, 5.41) is 12.5. The summed E-state index contributed by atoms with van der Waals surface area (Å²) in [6.45, 7) is 5.53. The van der Waals surface area contributed by atoms with Crippen molar-refractivity contribution in [3.63, 3.8) is 0 Å². The molecule has 0 bridgehead atoms. The number of benzene rings is 2. The molecule has 7 nitrogen and oxygen atoms in total. The molecular weight excluding hydrogens is 412 g/mol. The van der Waals surface area contributed by atoms with Crippen LogP contribution < -0.4 is 10.2 Å². The van der Waals surface area contributed by atoms with Gasteiger partial charge in [-0.3, -0.25) is 14.5 Å². The number of hydrogen-bond acceptors (Lipinski definition) is 5. The Balaban J connectivity index is 1.82. The zero-order valence-corrected chi connectivity index (χ0v) is 18.9. The highest BCUT2D eigenvalue weighted by Crippen LogP contribution is 2.58. The predicted octanol–water partition coefficient (Wildman–Crippen LogP) is 3.11. The van der Waals surface area contributed by atoms with Crippen LogP contribution in [0.3, 0.4) is 0 Å². The molecule has 8 heteroatoms. The topological polar surface area (TPSA) is 99.1 Å². The van der Waals surface area contributed by atoms with Gasteiger partial charge < -0.3 is 20.0 Å². The Hall–Kier alpha value is -2.52. The lowest BCUT2D eigenvalue weighted by atomic mass is 9.82. The minimum Gasteiger partial charge on any atom is -0.432 e. The summed E-state index contributed by atoms with van der Waals surface area (Å²) in [5.74, 6) is -0.568. The number of hydrogen-bond donors (Lipinski definition) is 3. The van der Waals surface area contributed by atoms with Gasteiger partial charge in [0, 0.05) is 40.7 Å². The monoisotopic (exact) mass is 440 g/mol. The molecular formula is C23H28N2O5Si. The van der Waals surface area contributed by atoms with Gasteiger partial charge in [-0.15, -0.1) is 0 Å².